The lowest BCUT2D eigenvalue weighted by Crippen LogP contribution is -2.14. The summed E-state index contributed by atoms with van der Waals surface area (Å²) < 4.78 is 42.8. The molecule has 0 radical (unpaired) electrons. The summed E-state index contributed by atoms with van der Waals surface area (Å²) in [4.78, 5) is 10.4. The van der Waals surface area contributed by atoms with E-state index in [4.69, 9.17) is 15.6 Å². The van der Waals surface area contributed by atoms with Gasteiger partial charge < -0.3 is 15.6 Å². The lowest BCUT2D eigenvalue weighted by molar-refractivity contribution is -0.138. The zero-order chi connectivity index (χ0) is 14.6. The van der Waals surface area contributed by atoms with E-state index in [0.29, 0.717) is 0 Å². The Labute approximate surface area is 108 Å². The fourth-order valence-electron chi connectivity index (χ4n) is 1.56. The zero-order valence-corrected chi connectivity index (χ0v) is 10.2. The molecule has 4 nitrogen and oxygen atoms in total. The van der Waals surface area contributed by atoms with Crippen molar-refractivity contribution in [3.05, 3.63) is 29.3 Å². The first-order chi connectivity index (χ1) is 8.74. The molecule has 1 aromatic carbocycles. The number of methoxy groups -OCH3 is 1. The molecule has 0 saturated heterocycles. The van der Waals surface area contributed by atoms with E-state index in [1.165, 1.54) is 13.2 Å². The molecule has 3 N–H and O–H groups in total. The molecule has 1 unspecified atom stereocenters. The molecule has 106 valence electrons. The molecular formula is C12H14F3NO3. The van der Waals surface area contributed by atoms with E-state index in [-0.39, 0.29) is 24.2 Å². The van der Waals surface area contributed by atoms with Gasteiger partial charge in [0.1, 0.15) is 5.75 Å². The number of hydrogen-bond acceptors (Lipinski definition) is 3. The number of ether oxygens (including phenoxy) is 1. The van der Waals surface area contributed by atoms with Crippen LogP contribution in [0.15, 0.2) is 18.2 Å². The second-order valence-corrected chi connectivity index (χ2v) is 4.03. The monoisotopic (exact) mass is 277 g/mol. The summed E-state index contributed by atoms with van der Waals surface area (Å²) in [5, 5.41) is 8.53. The van der Waals surface area contributed by atoms with Gasteiger partial charge in [-0.3, -0.25) is 4.79 Å². The standard InChI is InChI=1S/C12H14F3NO3/c1-19-9-5-7(10(16)2-3-11(17)18)4-8(6-9)12(13,14)15/h4-6,10H,2-3,16H2,1H3,(H,17,18). The summed E-state index contributed by atoms with van der Waals surface area (Å²) in [6.07, 6.45) is -4.66. The average Bonchev–Trinajstić information content (AvgIpc) is 2.34. The topological polar surface area (TPSA) is 72.5 Å². The Bertz CT molecular complexity index is 460. The van der Waals surface area contributed by atoms with Gasteiger partial charge in [-0.05, 0) is 30.2 Å². The highest BCUT2D eigenvalue weighted by molar-refractivity contribution is 5.66. The first-order valence-corrected chi connectivity index (χ1v) is 5.47. The van der Waals surface area contributed by atoms with Crippen LogP contribution in [-0.2, 0) is 11.0 Å². The highest BCUT2D eigenvalue weighted by Gasteiger charge is 2.31. The maximum atomic E-state index is 12.7. The van der Waals surface area contributed by atoms with Crippen molar-refractivity contribution in [2.75, 3.05) is 7.11 Å². The summed E-state index contributed by atoms with van der Waals surface area (Å²) in [5.41, 5.74) is 5.03. The van der Waals surface area contributed by atoms with Crippen LogP contribution in [0, 0.1) is 0 Å². The third-order valence-electron chi connectivity index (χ3n) is 2.59. The van der Waals surface area contributed by atoms with Crippen LogP contribution in [0.3, 0.4) is 0 Å². The van der Waals surface area contributed by atoms with E-state index in [1.54, 1.807) is 0 Å². The summed E-state index contributed by atoms with van der Waals surface area (Å²) >= 11 is 0. The molecule has 0 aliphatic carbocycles. The quantitative estimate of drug-likeness (QED) is 0.867. The molecule has 1 atom stereocenters. The average molecular weight is 277 g/mol. The highest BCUT2D eigenvalue weighted by Crippen LogP contribution is 2.34. The number of carboxylic acid groups (broad SMARTS) is 1. The molecule has 0 saturated carbocycles. The molecule has 0 heterocycles. The van der Waals surface area contributed by atoms with Crippen LogP contribution in [0.25, 0.3) is 0 Å². The first-order valence-electron chi connectivity index (χ1n) is 5.47. The van der Waals surface area contributed by atoms with Crippen LogP contribution >= 0.6 is 0 Å². The van der Waals surface area contributed by atoms with E-state index < -0.39 is 23.8 Å². The molecule has 0 spiro atoms. The summed E-state index contributed by atoms with van der Waals surface area (Å²) in [6, 6.07) is 2.37. The fraction of sp³-hybridized carbons (Fsp3) is 0.417. The Morgan fingerprint density at radius 2 is 2.05 bits per heavy atom. The maximum absolute atomic E-state index is 12.7. The molecule has 0 amide bonds. The molecule has 19 heavy (non-hydrogen) atoms. The maximum Gasteiger partial charge on any atom is 0.416 e. The summed E-state index contributed by atoms with van der Waals surface area (Å²) in [5.74, 6) is -1.01. The van der Waals surface area contributed by atoms with Crippen molar-refractivity contribution in [1.29, 1.82) is 0 Å². The van der Waals surface area contributed by atoms with Gasteiger partial charge in [-0.1, -0.05) is 0 Å². The van der Waals surface area contributed by atoms with E-state index in [9.17, 15) is 18.0 Å². The number of hydrogen-bond donors (Lipinski definition) is 2. The number of carboxylic acids is 1. The number of benzene rings is 1. The Balaban J connectivity index is 3.03. The summed E-state index contributed by atoms with van der Waals surface area (Å²) in [6.45, 7) is 0. The minimum absolute atomic E-state index is 0.0376. The second kappa shape index (κ2) is 5.92. The molecule has 0 aromatic heterocycles. The third-order valence-corrected chi connectivity index (χ3v) is 2.59. The Kier molecular flexibility index (Phi) is 4.77. The SMILES string of the molecule is COc1cc(C(N)CCC(=O)O)cc(C(F)(F)F)c1. The van der Waals surface area contributed by atoms with Crippen molar-refractivity contribution in [2.45, 2.75) is 25.1 Å². The van der Waals surface area contributed by atoms with Crippen molar-refractivity contribution < 1.29 is 27.8 Å². The van der Waals surface area contributed by atoms with Gasteiger partial charge in [-0.25, -0.2) is 0 Å². The molecular weight excluding hydrogens is 263 g/mol. The minimum Gasteiger partial charge on any atom is -0.497 e. The minimum atomic E-state index is -4.50. The van der Waals surface area contributed by atoms with Gasteiger partial charge in [-0.2, -0.15) is 13.2 Å². The van der Waals surface area contributed by atoms with E-state index in [1.807, 2.05) is 0 Å². The van der Waals surface area contributed by atoms with Gasteiger partial charge >= 0.3 is 12.1 Å². The number of halogens is 3. The summed E-state index contributed by atoms with van der Waals surface area (Å²) in [7, 11) is 1.25. The predicted molar refractivity (Wildman–Crippen MR) is 61.8 cm³/mol. The smallest absolute Gasteiger partial charge is 0.416 e. The van der Waals surface area contributed by atoms with Crippen molar-refractivity contribution in [3.8, 4) is 5.75 Å². The lowest BCUT2D eigenvalue weighted by atomic mass is 10.00. The van der Waals surface area contributed by atoms with Gasteiger partial charge in [-0.15, -0.1) is 0 Å². The van der Waals surface area contributed by atoms with Crippen LogP contribution in [0.1, 0.15) is 30.0 Å². The van der Waals surface area contributed by atoms with Gasteiger partial charge in [0.05, 0.1) is 12.7 Å². The van der Waals surface area contributed by atoms with Crippen molar-refractivity contribution >= 4 is 5.97 Å². The molecule has 0 aliphatic heterocycles. The van der Waals surface area contributed by atoms with Crippen molar-refractivity contribution in [1.82, 2.24) is 0 Å². The van der Waals surface area contributed by atoms with Crippen molar-refractivity contribution in [3.63, 3.8) is 0 Å². The molecule has 1 rings (SSSR count). The normalized spacial score (nSPS) is 13.1. The van der Waals surface area contributed by atoms with Crippen LogP contribution < -0.4 is 10.5 Å². The Morgan fingerprint density at radius 1 is 1.42 bits per heavy atom. The number of aliphatic carboxylic acids is 1. The number of alkyl halides is 3. The molecule has 1 aromatic rings. The van der Waals surface area contributed by atoms with Crippen molar-refractivity contribution in [2.24, 2.45) is 5.73 Å². The first kappa shape index (κ1) is 15.3. The predicted octanol–water partition coefficient (Wildman–Crippen LogP) is 2.58. The van der Waals surface area contributed by atoms with E-state index in [0.717, 1.165) is 12.1 Å². The largest absolute Gasteiger partial charge is 0.497 e. The second-order valence-electron chi connectivity index (χ2n) is 4.03. The number of nitrogens with two attached hydrogens (primary N) is 1. The van der Waals surface area contributed by atoms with Crippen LogP contribution in [0.4, 0.5) is 13.2 Å². The third kappa shape index (κ3) is 4.44. The van der Waals surface area contributed by atoms with E-state index in [2.05, 4.69) is 0 Å². The van der Waals surface area contributed by atoms with Gasteiger partial charge in [0, 0.05) is 12.5 Å². The zero-order valence-electron chi connectivity index (χ0n) is 10.2. The fourth-order valence-corrected chi connectivity index (χ4v) is 1.56. The Morgan fingerprint density at radius 3 is 2.53 bits per heavy atom. The molecule has 0 bridgehead atoms. The molecule has 7 heteroatoms. The highest BCUT2D eigenvalue weighted by atomic mass is 19.4. The van der Waals surface area contributed by atoms with Crippen LogP contribution in [-0.4, -0.2) is 18.2 Å². The van der Waals surface area contributed by atoms with Gasteiger partial charge in [0.2, 0.25) is 0 Å². The number of rotatable bonds is 5. The molecule has 0 aliphatic rings. The molecule has 0 fully saturated rings. The lowest BCUT2D eigenvalue weighted by Gasteiger charge is -2.15. The van der Waals surface area contributed by atoms with Crippen LogP contribution in [0.5, 0.6) is 5.75 Å². The van der Waals surface area contributed by atoms with Crippen LogP contribution in [0.2, 0.25) is 0 Å². The Hall–Kier alpha value is -1.76. The van der Waals surface area contributed by atoms with E-state index >= 15 is 0 Å². The number of carbonyl (C=O) groups is 1. The van der Waals surface area contributed by atoms with Gasteiger partial charge in [0.15, 0.2) is 0 Å². The van der Waals surface area contributed by atoms with Gasteiger partial charge in [0.25, 0.3) is 0 Å².